The molecule has 0 N–H and O–H groups in total. The number of alkyl halides is 5. The van der Waals surface area contributed by atoms with Crippen molar-refractivity contribution in [3.63, 3.8) is 0 Å². The molecular weight excluding hydrogens is 227 g/mol. The zero-order valence-corrected chi connectivity index (χ0v) is 10.3. The first-order valence-corrected chi connectivity index (χ1v) is 5.15. The third-order valence-corrected chi connectivity index (χ3v) is 2.81. The second-order valence-electron chi connectivity index (χ2n) is 5.89. The van der Waals surface area contributed by atoms with Crippen LogP contribution in [0.5, 0.6) is 0 Å². The van der Waals surface area contributed by atoms with Gasteiger partial charge in [0.2, 0.25) is 0 Å². The maximum atomic E-state index is 13.5. The first kappa shape index (κ1) is 15.7. The highest BCUT2D eigenvalue weighted by Crippen LogP contribution is 2.51. The fraction of sp³-hybridized carbons (Fsp3) is 1.00. The molecule has 0 aliphatic carbocycles. The summed E-state index contributed by atoms with van der Waals surface area (Å²) in [6.07, 6.45) is -5.59. The molecule has 0 unspecified atom stereocenters. The molecule has 5 heteroatoms. The van der Waals surface area contributed by atoms with Crippen LogP contribution < -0.4 is 0 Å². The van der Waals surface area contributed by atoms with Crippen LogP contribution in [0, 0.1) is 10.8 Å². The summed E-state index contributed by atoms with van der Waals surface area (Å²) in [5.74, 6) is -3.74. The van der Waals surface area contributed by atoms with Crippen molar-refractivity contribution in [2.75, 3.05) is 0 Å². The molecule has 0 aliphatic rings. The van der Waals surface area contributed by atoms with Crippen molar-refractivity contribution in [1.82, 2.24) is 0 Å². The minimum Gasteiger partial charge on any atom is -0.206 e. The van der Waals surface area contributed by atoms with E-state index in [-0.39, 0.29) is 6.42 Å². The van der Waals surface area contributed by atoms with Crippen LogP contribution in [-0.4, -0.2) is 12.1 Å². The van der Waals surface area contributed by atoms with Gasteiger partial charge in [-0.2, -0.15) is 13.2 Å². The van der Waals surface area contributed by atoms with Gasteiger partial charge in [-0.3, -0.25) is 0 Å². The predicted octanol–water partition coefficient (Wildman–Crippen LogP) is 5.04. The number of halogens is 5. The molecule has 98 valence electrons. The largest absolute Gasteiger partial charge is 0.399 e. The normalized spacial score (nSPS) is 15.4. The smallest absolute Gasteiger partial charge is 0.206 e. The van der Waals surface area contributed by atoms with E-state index in [0.29, 0.717) is 13.8 Å². The minimum atomic E-state index is -4.89. The van der Waals surface area contributed by atoms with Crippen LogP contribution in [-0.2, 0) is 0 Å². The molecule has 0 aromatic heterocycles. The van der Waals surface area contributed by atoms with Crippen LogP contribution >= 0.6 is 0 Å². The monoisotopic (exact) mass is 246 g/mol. The Morgan fingerprint density at radius 1 is 0.688 bits per heavy atom. The summed E-state index contributed by atoms with van der Waals surface area (Å²) in [4.78, 5) is 0. The van der Waals surface area contributed by atoms with Gasteiger partial charge in [0.15, 0.2) is 0 Å². The van der Waals surface area contributed by atoms with Gasteiger partial charge in [0.1, 0.15) is 5.41 Å². The average molecular weight is 246 g/mol. The molecule has 0 nitrogen and oxygen atoms in total. The van der Waals surface area contributed by atoms with Gasteiger partial charge in [0.05, 0.1) is 0 Å². The van der Waals surface area contributed by atoms with Crippen molar-refractivity contribution in [1.29, 1.82) is 0 Å². The van der Waals surface area contributed by atoms with E-state index in [9.17, 15) is 22.0 Å². The summed E-state index contributed by atoms with van der Waals surface area (Å²) >= 11 is 0. The minimum absolute atomic E-state index is 0.0551. The molecule has 0 amide bonds. The van der Waals surface area contributed by atoms with Crippen molar-refractivity contribution in [2.45, 2.75) is 59.6 Å². The molecule has 0 radical (unpaired) electrons. The van der Waals surface area contributed by atoms with E-state index in [1.807, 2.05) is 0 Å². The van der Waals surface area contributed by atoms with E-state index in [4.69, 9.17) is 0 Å². The summed E-state index contributed by atoms with van der Waals surface area (Å²) in [6, 6.07) is 0. The van der Waals surface area contributed by atoms with E-state index in [0.717, 1.165) is 0 Å². The van der Waals surface area contributed by atoms with Crippen molar-refractivity contribution < 1.29 is 22.0 Å². The lowest BCUT2D eigenvalue weighted by atomic mass is 9.79. The van der Waals surface area contributed by atoms with Crippen molar-refractivity contribution in [3.8, 4) is 0 Å². The van der Waals surface area contributed by atoms with Crippen molar-refractivity contribution >= 4 is 0 Å². The Bertz CT molecular complexity index is 232. The van der Waals surface area contributed by atoms with Crippen molar-refractivity contribution in [2.24, 2.45) is 10.8 Å². The topological polar surface area (TPSA) is 0 Å². The van der Waals surface area contributed by atoms with Crippen LogP contribution in [0.3, 0.4) is 0 Å². The summed E-state index contributed by atoms with van der Waals surface area (Å²) < 4.78 is 64.4. The SMILES string of the molecule is CC(C)(C)CCC(F)(F)C(C)(C)C(F)(F)F. The molecule has 0 heterocycles. The molecule has 0 bridgehead atoms. The Balaban J connectivity index is 4.79. The van der Waals surface area contributed by atoms with Gasteiger partial charge in [0, 0.05) is 6.42 Å². The summed E-state index contributed by atoms with van der Waals surface area (Å²) in [5, 5.41) is 0. The van der Waals surface area contributed by atoms with Crippen LogP contribution in [0.1, 0.15) is 47.5 Å². The lowest BCUT2D eigenvalue weighted by Crippen LogP contribution is -2.48. The third-order valence-electron chi connectivity index (χ3n) is 2.81. The zero-order chi connectivity index (χ0) is 13.4. The summed E-state index contributed by atoms with van der Waals surface area (Å²) in [6.45, 7) is 6.28. The lowest BCUT2D eigenvalue weighted by Gasteiger charge is -2.37. The van der Waals surface area contributed by atoms with E-state index in [1.165, 1.54) is 0 Å². The summed E-state index contributed by atoms with van der Waals surface area (Å²) in [5.41, 5.74) is -3.38. The van der Waals surface area contributed by atoms with Gasteiger partial charge in [-0.25, -0.2) is 8.78 Å². The molecule has 0 aromatic rings. The average Bonchev–Trinajstić information content (AvgIpc) is 1.97. The molecule has 0 aromatic carbocycles. The van der Waals surface area contributed by atoms with E-state index in [2.05, 4.69) is 0 Å². The van der Waals surface area contributed by atoms with Crippen LogP contribution in [0.4, 0.5) is 22.0 Å². The van der Waals surface area contributed by atoms with E-state index >= 15 is 0 Å². The summed E-state index contributed by atoms with van der Waals surface area (Å²) in [7, 11) is 0. The van der Waals surface area contributed by atoms with Crippen LogP contribution in [0.2, 0.25) is 0 Å². The van der Waals surface area contributed by atoms with E-state index in [1.54, 1.807) is 20.8 Å². The molecule has 0 rings (SSSR count). The number of hydrogen-bond acceptors (Lipinski definition) is 0. The quantitative estimate of drug-likeness (QED) is 0.612. The van der Waals surface area contributed by atoms with Gasteiger partial charge in [-0.15, -0.1) is 0 Å². The molecule has 0 saturated carbocycles. The molecular formula is C11H19F5. The highest BCUT2D eigenvalue weighted by atomic mass is 19.4. The van der Waals surface area contributed by atoms with Crippen molar-refractivity contribution in [3.05, 3.63) is 0 Å². The molecule has 0 aliphatic heterocycles. The van der Waals surface area contributed by atoms with Gasteiger partial charge in [0.25, 0.3) is 5.92 Å². The zero-order valence-electron chi connectivity index (χ0n) is 10.3. The Morgan fingerprint density at radius 3 is 1.31 bits per heavy atom. The Kier molecular flexibility index (Phi) is 4.06. The second kappa shape index (κ2) is 4.15. The first-order valence-electron chi connectivity index (χ1n) is 5.15. The van der Waals surface area contributed by atoms with E-state index < -0.39 is 29.3 Å². The lowest BCUT2D eigenvalue weighted by molar-refractivity contribution is -0.287. The molecule has 0 atom stereocenters. The predicted molar refractivity (Wildman–Crippen MR) is 53.5 cm³/mol. The standard InChI is InChI=1S/C11H19F5/c1-8(2,3)6-7-10(12,13)9(4,5)11(14,15)16/h6-7H2,1-5H3. The number of rotatable bonds is 3. The van der Waals surface area contributed by atoms with Gasteiger partial charge in [-0.05, 0) is 25.7 Å². The van der Waals surface area contributed by atoms with Gasteiger partial charge < -0.3 is 0 Å². The molecule has 0 saturated heterocycles. The first-order chi connectivity index (χ1) is 6.71. The Morgan fingerprint density at radius 2 is 1.06 bits per heavy atom. The van der Waals surface area contributed by atoms with Crippen LogP contribution in [0.15, 0.2) is 0 Å². The Hall–Kier alpha value is -0.350. The highest BCUT2D eigenvalue weighted by Gasteiger charge is 2.62. The highest BCUT2D eigenvalue weighted by molar-refractivity contribution is 4.91. The fourth-order valence-electron chi connectivity index (χ4n) is 1.05. The maximum Gasteiger partial charge on any atom is 0.399 e. The van der Waals surface area contributed by atoms with Gasteiger partial charge >= 0.3 is 6.18 Å². The molecule has 0 fully saturated rings. The maximum absolute atomic E-state index is 13.5. The van der Waals surface area contributed by atoms with Gasteiger partial charge in [-0.1, -0.05) is 20.8 Å². The Labute approximate surface area is 93.2 Å². The number of hydrogen-bond donors (Lipinski definition) is 0. The molecule has 0 spiro atoms. The third kappa shape index (κ3) is 3.59. The molecule has 16 heavy (non-hydrogen) atoms. The second-order valence-corrected chi connectivity index (χ2v) is 5.89. The fourth-order valence-corrected chi connectivity index (χ4v) is 1.05. The van der Waals surface area contributed by atoms with Crippen LogP contribution in [0.25, 0.3) is 0 Å².